The molecule has 1 heterocycles. The summed E-state index contributed by atoms with van der Waals surface area (Å²) in [6.07, 6.45) is -5.21. The van der Waals surface area contributed by atoms with E-state index in [4.69, 9.17) is 0 Å². The number of halogens is 4. The first-order valence-electron chi connectivity index (χ1n) is 6.29. The average Bonchev–Trinajstić information content (AvgIpc) is 2.95. The minimum atomic E-state index is -4.23. The third kappa shape index (κ3) is 9.32. The summed E-state index contributed by atoms with van der Waals surface area (Å²) in [5.74, 6) is 0.180. The van der Waals surface area contributed by atoms with E-state index in [0.29, 0.717) is 0 Å². The standard InChI is InChI=1S/C11H17F3N4O2S2.HI/c1-15-10(16-5-4-11(12,13)14)17-6-7-18-22(19,20)9-3-2-8-21-9;/h2-3,8,18H,4-7H2,1H3,(H2,15,16,17);1H. The molecule has 1 aromatic heterocycles. The number of sulfonamides is 1. The van der Waals surface area contributed by atoms with Gasteiger partial charge in [0.05, 0.1) is 6.42 Å². The molecule has 1 rings (SSSR count). The summed E-state index contributed by atoms with van der Waals surface area (Å²) in [6, 6.07) is 3.11. The van der Waals surface area contributed by atoms with E-state index in [1.165, 1.54) is 13.1 Å². The molecule has 134 valence electrons. The van der Waals surface area contributed by atoms with Crippen LogP contribution in [0, 0.1) is 0 Å². The second-order valence-corrected chi connectivity index (χ2v) is 7.06. The lowest BCUT2D eigenvalue weighted by Crippen LogP contribution is -2.42. The van der Waals surface area contributed by atoms with Crippen LogP contribution in [0.2, 0.25) is 0 Å². The summed E-state index contributed by atoms with van der Waals surface area (Å²) in [4.78, 5) is 3.74. The summed E-state index contributed by atoms with van der Waals surface area (Å²) in [5, 5.41) is 6.87. The van der Waals surface area contributed by atoms with Gasteiger partial charge in [0.1, 0.15) is 4.21 Å². The molecule has 0 aliphatic heterocycles. The van der Waals surface area contributed by atoms with Crippen molar-refractivity contribution in [3.05, 3.63) is 17.5 Å². The summed E-state index contributed by atoms with van der Waals surface area (Å²) < 4.78 is 62.2. The van der Waals surface area contributed by atoms with Crippen LogP contribution in [0.3, 0.4) is 0 Å². The number of hydrogen-bond donors (Lipinski definition) is 3. The van der Waals surface area contributed by atoms with E-state index in [1.54, 1.807) is 11.4 Å². The van der Waals surface area contributed by atoms with Gasteiger partial charge in [0.15, 0.2) is 5.96 Å². The maximum absolute atomic E-state index is 12.0. The fraction of sp³-hybridized carbons (Fsp3) is 0.545. The minimum Gasteiger partial charge on any atom is -0.356 e. The zero-order chi connectivity index (χ0) is 16.6. The molecule has 0 radical (unpaired) electrons. The Morgan fingerprint density at radius 1 is 1.26 bits per heavy atom. The summed E-state index contributed by atoms with van der Waals surface area (Å²) in [7, 11) is -2.12. The van der Waals surface area contributed by atoms with Crippen LogP contribution in [0.15, 0.2) is 26.7 Å². The van der Waals surface area contributed by atoms with Crippen molar-refractivity contribution < 1.29 is 21.6 Å². The van der Waals surface area contributed by atoms with Crippen molar-refractivity contribution in [3.8, 4) is 0 Å². The number of nitrogens with zero attached hydrogens (tertiary/aromatic N) is 1. The molecule has 12 heteroatoms. The second-order valence-electron chi connectivity index (χ2n) is 4.12. The molecule has 0 spiro atoms. The van der Waals surface area contributed by atoms with E-state index in [-0.39, 0.29) is 53.8 Å². The zero-order valence-electron chi connectivity index (χ0n) is 12.2. The number of alkyl halides is 3. The highest BCUT2D eigenvalue weighted by molar-refractivity contribution is 14.0. The summed E-state index contributed by atoms with van der Waals surface area (Å²) in [5.41, 5.74) is 0. The molecule has 0 bridgehead atoms. The van der Waals surface area contributed by atoms with Crippen molar-refractivity contribution in [2.75, 3.05) is 26.7 Å². The van der Waals surface area contributed by atoms with Crippen molar-refractivity contribution in [1.29, 1.82) is 0 Å². The Balaban J connectivity index is 0.00000484. The van der Waals surface area contributed by atoms with Crippen LogP contribution in [0.25, 0.3) is 0 Å². The molecule has 0 aliphatic carbocycles. The van der Waals surface area contributed by atoms with Gasteiger partial charge in [-0.2, -0.15) is 13.2 Å². The van der Waals surface area contributed by atoms with Crippen LogP contribution in [0.5, 0.6) is 0 Å². The number of rotatable bonds is 7. The Morgan fingerprint density at radius 3 is 2.43 bits per heavy atom. The Hall–Kier alpha value is -0.600. The largest absolute Gasteiger partial charge is 0.390 e. The molecule has 6 nitrogen and oxygen atoms in total. The fourth-order valence-electron chi connectivity index (χ4n) is 1.40. The highest BCUT2D eigenvalue weighted by Crippen LogP contribution is 2.18. The smallest absolute Gasteiger partial charge is 0.356 e. The highest BCUT2D eigenvalue weighted by atomic mass is 127. The van der Waals surface area contributed by atoms with E-state index in [0.717, 1.165) is 11.3 Å². The number of aliphatic imine (C=N–C) groups is 1. The van der Waals surface area contributed by atoms with Gasteiger partial charge in [0, 0.05) is 26.7 Å². The minimum absolute atomic E-state index is 0. The molecule has 0 saturated heterocycles. The van der Waals surface area contributed by atoms with Crippen molar-refractivity contribution in [2.24, 2.45) is 4.99 Å². The Morgan fingerprint density at radius 2 is 1.91 bits per heavy atom. The van der Waals surface area contributed by atoms with Crippen molar-refractivity contribution in [1.82, 2.24) is 15.4 Å². The summed E-state index contributed by atoms with van der Waals surface area (Å²) >= 11 is 1.10. The molecule has 0 atom stereocenters. The average molecular weight is 486 g/mol. The Bertz CT molecular complexity index is 577. The normalized spacial score (nSPS) is 12.6. The molecule has 1 aromatic rings. The lowest BCUT2D eigenvalue weighted by atomic mass is 10.4. The molecule has 0 unspecified atom stereocenters. The topological polar surface area (TPSA) is 82.6 Å². The molecule has 0 saturated carbocycles. The molecule has 0 fully saturated rings. The van der Waals surface area contributed by atoms with Gasteiger partial charge >= 0.3 is 6.18 Å². The lowest BCUT2D eigenvalue weighted by Gasteiger charge is -2.13. The molecule has 0 aliphatic rings. The van der Waals surface area contributed by atoms with Crippen molar-refractivity contribution in [2.45, 2.75) is 16.8 Å². The first-order chi connectivity index (χ1) is 10.2. The molecule has 3 N–H and O–H groups in total. The van der Waals surface area contributed by atoms with Gasteiger partial charge < -0.3 is 10.6 Å². The highest BCUT2D eigenvalue weighted by Gasteiger charge is 2.26. The fourth-order valence-corrected chi connectivity index (χ4v) is 3.47. The van der Waals surface area contributed by atoms with Gasteiger partial charge in [0.25, 0.3) is 0 Å². The van der Waals surface area contributed by atoms with Gasteiger partial charge in [-0.05, 0) is 11.4 Å². The van der Waals surface area contributed by atoms with Crippen LogP contribution in [-0.2, 0) is 10.0 Å². The number of nitrogens with one attached hydrogen (secondary N) is 3. The molecular weight excluding hydrogens is 468 g/mol. The third-order valence-electron chi connectivity index (χ3n) is 2.39. The van der Waals surface area contributed by atoms with E-state index < -0.39 is 22.6 Å². The van der Waals surface area contributed by atoms with Gasteiger partial charge in [0.2, 0.25) is 10.0 Å². The van der Waals surface area contributed by atoms with Crippen LogP contribution >= 0.6 is 35.3 Å². The maximum Gasteiger partial charge on any atom is 0.390 e. The zero-order valence-corrected chi connectivity index (χ0v) is 16.1. The number of hydrogen-bond acceptors (Lipinski definition) is 4. The second kappa shape index (κ2) is 10.3. The van der Waals surface area contributed by atoms with Crippen molar-refractivity contribution >= 4 is 51.3 Å². The Labute approximate surface area is 154 Å². The van der Waals surface area contributed by atoms with Gasteiger partial charge in [-0.3, -0.25) is 4.99 Å². The predicted molar refractivity (Wildman–Crippen MR) is 95.0 cm³/mol. The van der Waals surface area contributed by atoms with Crippen LogP contribution < -0.4 is 15.4 Å². The number of guanidine groups is 1. The van der Waals surface area contributed by atoms with E-state index in [9.17, 15) is 21.6 Å². The molecule has 0 amide bonds. The number of thiophene rings is 1. The van der Waals surface area contributed by atoms with E-state index in [1.807, 2.05) is 0 Å². The first kappa shape index (κ1) is 22.4. The predicted octanol–water partition coefficient (Wildman–Crippen LogP) is 1.76. The van der Waals surface area contributed by atoms with Gasteiger partial charge in [-0.15, -0.1) is 35.3 Å². The lowest BCUT2D eigenvalue weighted by molar-refractivity contribution is -0.132. The first-order valence-corrected chi connectivity index (χ1v) is 8.65. The van der Waals surface area contributed by atoms with Crippen LogP contribution in [0.4, 0.5) is 13.2 Å². The maximum atomic E-state index is 12.0. The SMILES string of the molecule is CN=C(NCCNS(=O)(=O)c1cccs1)NCCC(F)(F)F.I. The van der Waals surface area contributed by atoms with Crippen molar-refractivity contribution in [3.63, 3.8) is 0 Å². The van der Waals surface area contributed by atoms with E-state index >= 15 is 0 Å². The van der Waals surface area contributed by atoms with Gasteiger partial charge in [-0.1, -0.05) is 6.07 Å². The molecular formula is C11H18F3IN4O2S2. The van der Waals surface area contributed by atoms with Crippen LogP contribution in [-0.4, -0.2) is 47.2 Å². The summed E-state index contributed by atoms with van der Waals surface area (Å²) in [6.45, 7) is -0.0272. The monoisotopic (exact) mass is 486 g/mol. The Kier molecular flexibility index (Phi) is 10.0. The van der Waals surface area contributed by atoms with Gasteiger partial charge in [-0.25, -0.2) is 13.1 Å². The molecule has 23 heavy (non-hydrogen) atoms. The quantitative estimate of drug-likeness (QED) is 0.238. The van der Waals surface area contributed by atoms with Crippen LogP contribution in [0.1, 0.15) is 6.42 Å². The van der Waals surface area contributed by atoms with E-state index in [2.05, 4.69) is 20.3 Å². The third-order valence-corrected chi connectivity index (χ3v) is 5.25. The molecule has 0 aromatic carbocycles.